The van der Waals surface area contributed by atoms with E-state index in [-0.39, 0.29) is 22.6 Å². The van der Waals surface area contributed by atoms with Gasteiger partial charge in [-0.3, -0.25) is 9.48 Å². The van der Waals surface area contributed by atoms with E-state index in [9.17, 15) is 18.0 Å². The minimum atomic E-state index is -4.49. The van der Waals surface area contributed by atoms with Gasteiger partial charge < -0.3 is 10.6 Å². The third kappa shape index (κ3) is 3.68. The van der Waals surface area contributed by atoms with Gasteiger partial charge in [0.15, 0.2) is 16.7 Å². The maximum Gasteiger partial charge on any atom is 0.435 e. The van der Waals surface area contributed by atoms with Gasteiger partial charge >= 0.3 is 6.18 Å². The van der Waals surface area contributed by atoms with Crippen LogP contribution in [0, 0.1) is 0 Å². The average molecular weight is 375 g/mol. The molecule has 0 radical (unpaired) electrons. The van der Waals surface area contributed by atoms with Crippen molar-refractivity contribution >= 4 is 23.3 Å². The van der Waals surface area contributed by atoms with Crippen molar-refractivity contribution in [2.75, 3.05) is 18.0 Å². The van der Waals surface area contributed by atoms with Gasteiger partial charge in [0.1, 0.15) is 0 Å². The summed E-state index contributed by atoms with van der Waals surface area (Å²) in [6.45, 7) is 0.899. The Labute approximate surface area is 145 Å². The standard InChI is InChI=1S/C14H14ClF3N6O/c15-11-6-9(12(19)25)13(21-20-11)23-4-1-2-8(7-23)24-5-3-10(22-24)14(16,17)18/h3,5-6,8H,1-2,4,7H2,(H2,19,25). The molecule has 1 saturated heterocycles. The van der Waals surface area contributed by atoms with Crippen LogP contribution in [0.25, 0.3) is 0 Å². The first-order chi connectivity index (χ1) is 11.8. The molecule has 0 spiro atoms. The third-order valence-corrected chi connectivity index (χ3v) is 4.16. The number of piperidine rings is 1. The number of primary amides is 1. The van der Waals surface area contributed by atoms with E-state index in [1.807, 2.05) is 0 Å². The summed E-state index contributed by atoms with van der Waals surface area (Å²) in [5.41, 5.74) is 4.54. The van der Waals surface area contributed by atoms with E-state index >= 15 is 0 Å². The molecular weight excluding hydrogens is 361 g/mol. The van der Waals surface area contributed by atoms with Crippen LogP contribution in [0.3, 0.4) is 0 Å². The van der Waals surface area contributed by atoms with Crippen molar-refractivity contribution in [2.45, 2.75) is 25.1 Å². The average Bonchev–Trinajstić information content (AvgIpc) is 3.05. The molecule has 1 fully saturated rings. The Morgan fingerprint density at radius 2 is 2.12 bits per heavy atom. The molecule has 11 heteroatoms. The third-order valence-electron chi connectivity index (χ3n) is 3.98. The number of alkyl halides is 3. The van der Waals surface area contributed by atoms with Gasteiger partial charge in [0.25, 0.3) is 5.91 Å². The molecule has 25 heavy (non-hydrogen) atoms. The van der Waals surface area contributed by atoms with Crippen LogP contribution in [0.2, 0.25) is 5.15 Å². The number of rotatable bonds is 3. The number of carbonyl (C=O) groups excluding carboxylic acids is 1. The van der Waals surface area contributed by atoms with E-state index in [2.05, 4.69) is 15.3 Å². The summed E-state index contributed by atoms with van der Waals surface area (Å²) in [6, 6.07) is 1.98. The van der Waals surface area contributed by atoms with Gasteiger partial charge in [0.2, 0.25) is 0 Å². The lowest BCUT2D eigenvalue weighted by Crippen LogP contribution is -2.38. The molecule has 1 aliphatic rings. The highest BCUT2D eigenvalue weighted by Crippen LogP contribution is 2.31. The number of aromatic nitrogens is 4. The number of halogens is 4. The molecule has 2 N–H and O–H groups in total. The van der Waals surface area contributed by atoms with Crippen LogP contribution in [-0.2, 0) is 6.18 Å². The van der Waals surface area contributed by atoms with Crippen molar-refractivity contribution < 1.29 is 18.0 Å². The Balaban J connectivity index is 1.85. The second kappa shape index (κ2) is 6.51. The van der Waals surface area contributed by atoms with Crippen LogP contribution in [0.4, 0.5) is 19.0 Å². The summed E-state index contributed by atoms with van der Waals surface area (Å²) >= 11 is 5.75. The summed E-state index contributed by atoms with van der Waals surface area (Å²) in [4.78, 5) is 13.4. The number of nitrogens with two attached hydrogens (primary N) is 1. The predicted molar refractivity (Wildman–Crippen MR) is 83.3 cm³/mol. The van der Waals surface area contributed by atoms with Gasteiger partial charge in [0, 0.05) is 19.3 Å². The molecule has 7 nitrogen and oxygen atoms in total. The van der Waals surface area contributed by atoms with E-state index in [0.717, 1.165) is 6.07 Å². The van der Waals surface area contributed by atoms with Gasteiger partial charge in [-0.1, -0.05) is 11.6 Å². The van der Waals surface area contributed by atoms with Crippen molar-refractivity contribution in [1.29, 1.82) is 0 Å². The zero-order valence-corrected chi connectivity index (χ0v) is 13.6. The van der Waals surface area contributed by atoms with Crippen molar-refractivity contribution in [3.8, 4) is 0 Å². The summed E-state index contributed by atoms with van der Waals surface area (Å²) < 4.78 is 39.5. The highest BCUT2D eigenvalue weighted by Gasteiger charge is 2.35. The van der Waals surface area contributed by atoms with Crippen molar-refractivity contribution in [3.05, 3.63) is 34.7 Å². The monoisotopic (exact) mass is 374 g/mol. The second-order valence-corrected chi connectivity index (χ2v) is 6.08. The lowest BCUT2D eigenvalue weighted by molar-refractivity contribution is -0.141. The van der Waals surface area contributed by atoms with Crippen molar-refractivity contribution in [3.63, 3.8) is 0 Å². The van der Waals surface area contributed by atoms with Crippen LogP contribution < -0.4 is 10.6 Å². The maximum absolute atomic E-state index is 12.7. The molecule has 3 heterocycles. The molecule has 0 aromatic carbocycles. The minimum Gasteiger partial charge on any atom is -0.365 e. The smallest absolute Gasteiger partial charge is 0.365 e. The fourth-order valence-electron chi connectivity index (χ4n) is 2.83. The van der Waals surface area contributed by atoms with Gasteiger partial charge in [-0.25, -0.2) is 0 Å². The molecule has 1 unspecified atom stereocenters. The molecule has 2 aromatic heterocycles. The summed E-state index contributed by atoms with van der Waals surface area (Å²) in [7, 11) is 0. The van der Waals surface area contributed by atoms with Gasteiger partial charge in [0.05, 0.1) is 11.6 Å². The molecule has 1 amide bonds. The zero-order chi connectivity index (χ0) is 18.2. The lowest BCUT2D eigenvalue weighted by atomic mass is 10.1. The number of nitrogens with zero attached hydrogens (tertiary/aromatic N) is 5. The first-order valence-electron chi connectivity index (χ1n) is 7.46. The highest BCUT2D eigenvalue weighted by atomic mass is 35.5. The van der Waals surface area contributed by atoms with Crippen LogP contribution in [0.1, 0.15) is 34.9 Å². The van der Waals surface area contributed by atoms with Crippen molar-refractivity contribution in [2.24, 2.45) is 5.73 Å². The Kier molecular flexibility index (Phi) is 4.55. The summed E-state index contributed by atoms with van der Waals surface area (Å²) in [5, 5.41) is 11.3. The van der Waals surface area contributed by atoms with E-state index in [4.69, 9.17) is 17.3 Å². The molecule has 0 saturated carbocycles. The number of amides is 1. The van der Waals surface area contributed by atoms with Crippen LogP contribution >= 0.6 is 11.6 Å². The molecule has 0 bridgehead atoms. The molecule has 134 valence electrons. The normalized spacial score (nSPS) is 18.4. The van der Waals surface area contributed by atoms with Crippen LogP contribution in [0.5, 0.6) is 0 Å². The molecule has 1 aliphatic heterocycles. The Morgan fingerprint density at radius 1 is 1.36 bits per heavy atom. The van der Waals surface area contributed by atoms with Gasteiger partial charge in [-0.05, 0) is 25.0 Å². The summed E-state index contributed by atoms with van der Waals surface area (Å²) in [6.07, 6.45) is -1.84. The summed E-state index contributed by atoms with van der Waals surface area (Å²) in [5.74, 6) is -0.433. The van der Waals surface area contributed by atoms with Crippen LogP contribution in [0.15, 0.2) is 18.3 Å². The quantitative estimate of drug-likeness (QED) is 0.890. The topological polar surface area (TPSA) is 89.9 Å². The fourth-order valence-corrected chi connectivity index (χ4v) is 2.98. The fraction of sp³-hybridized carbons (Fsp3) is 0.429. The SMILES string of the molecule is NC(=O)c1cc(Cl)nnc1N1CCCC(n2ccc(C(F)(F)F)n2)C1. The van der Waals surface area contributed by atoms with E-state index in [1.165, 1.54) is 16.9 Å². The number of hydrogen-bond donors (Lipinski definition) is 1. The molecule has 2 aromatic rings. The minimum absolute atomic E-state index is 0.0352. The highest BCUT2D eigenvalue weighted by molar-refractivity contribution is 6.29. The predicted octanol–water partition coefficient (Wildman–Crippen LogP) is 2.29. The number of carbonyl (C=O) groups is 1. The second-order valence-electron chi connectivity index (χ2n) is 5.69. The first-order valence-corrected chi connectivity index (χ1v) is 7.84. The van der Waals surface area contributed by atoms with E-state index in [0.29, 0.717) is 25.9 Å². The Hall–Kier alpha value is -2.36. The van der Waals surface area contributed by atoms with E-state index < -0.39 is 17.8 Å². The maximum atomic E-state index is 12.7. The van der Waals surface area contributed by atoms with E-state index in [1.54, 1.807) is 4.90 Å². The molecule has 0 aliphatic carbocycles. The number of anilines is 1. The molecular formula is C14H14ClF3N6O. The molecule has 3 rings (SSSR count). The van der Waals surface area contributed by atoms with Gasteiger partial charge in [-0.2, -0.15) is 18.3 Å². The zero-order valence-electron chi connectivity index (χ0n) is 12.9. The Morgan fingerprint density at radius 3 is 2.76 bits per heavy atom. The van der Waals surface area contributed by atoms with Gasteiger partial charge in [-0.15, -0.1) is 10.2 Å². The first kappa shape index (κ1) is 17.5. The number of hydrogen-bond acceptors (Lipinski definition) is 5. The largest absolute Gasteiger partial charge is 0.435 e. The molecule has 1 atom stereocenters. The lowest BCUT2D eigenvalue weighted by Gasteiger charge is -2.34. The Bertz CT molecular complexity index is 793. The van der Waals surface area contributed by atoms with Crippen molar-refractivity contribution in [1.82, 2.24) is 20.0 Å². The van der Waals surface area contributed by atoms with Crippen LogP contribution in [-0.4, -0.2) is 39.0 Å².